The largest absolute Gasteiger partial charge is 0.374 e. The molecule has 1 fully saturated rings. The van der Waals surface area contributed by atoms with Crippen LogP contribution in [0.15, 0.2) is 41.9 Å². The lowest BCUT2D eigenvalue weighted by atomic mass is 9.93. The van der Waals surface area contributed by atoms with E-state index in [0.717, 1.165) is 38.7 Å². The Morgan fingerprint density at radius 1 is 1.31 bits per heavy atom. The fourth-order valence-electron chi connectivity index (χ4n) is 4.62. The number of rotatable bonds is 4. The summed E-state index contributed by atoms with van der Waals surface area (Å²) in [4.78, 5) is 14.0. The van der Waals surface area contributed by atoms with E-state index >= 15 is 0 Å². The van der Waals surface area contributed by atoms with Gasteiger partial charge in [-0.1, -0.05) is 19.1 Å². The highest BCUT2D eigenvalue weighted by Crippen LogP contribution is 2.28. The predicted octanol–water partition coefficient (Wildman–Crippen LogP) is 3.31. The number of imidazole rings is 1. The first-order valence-corrected chi connectivity index (χ1v) is 11.0. The van der Waals surface area contributed by atoms with Crippen LogP contribution in [0.2, 0.25) is 0 Å². The maximum atomic E-state index is 5.01. The second-order valence-corrected chi connectivity index (χ2v) is 8.45. The number of likely N-dealkylation sites (tertiary alicyclic amines) is 1. The van der Waals surface area contributed by atoms with Crippen LogP contribution in [0.25, 0.3) is 0 Å². The molecule has 2 aliphatic rings. The van der Waals surface area contributed by atoms with Crippen molar-refractivity contribution in [3.8, 4) is 0 Å². The molecule has 29 heavy (non-hydrogen) atoms. The number of hydrogen-bond donors (Lipinski definition) is 1. The minimum absolute atomic E-state index is 0.439. The topological polar surface area (TPSA) is 48.7 Å². The number of aryl methyl sites for hydroxylation is 1. The zero-order valence-corrected chi connectivity index (χ0v) is 18.0. The van der Waals surface area contributed by atoms with E-state index in [1.165, 1.54) is 36.1 Å². The van der Waals surface area contributed by atoms with Gasteiger partial charge in [-0.15, -0.1) is 0 Å². The van der Waals surface area contributed by atoms with Gasteiger partial charge < -0.3 is 19.7 Å². The van der Waals surface area contributed by atoms with Crippen molar-refractivity contribution in [3.05, 3.63) is 48.0 Å². The molecule has 0 saturated carbocycles. The van der Waals surface area contributed by atoms with Crippen molar-refractivity contribution in [2.45, 2.75) is 45.7 Å². The van der Waals surface area contributed by atoms with Crippen molar-refractivity contribution in [2.24, 2.45) is 10.9 Å². The van der Waals surface area contributed by atoms with Gasteiger partial charge in [0.2, 0.25) is 0 Å². The van der Waals surface area contributed by atoms with Gasteiger partial charge in [-0.2, -0.15) is 0 Å². The third-order valence-corrected chi connectivity index (χ3v) is 6.37. The van der Waals surface area contributed by atoms with Crippen molar-refractivity contribution in [3.63, 3.8) is 0 Å². The molecule has 1 saturated heterocycles. The number of hydrogen-bond acceptors (Lipinski definition) is 3. The van der Waals surface area contributed by atoms with Gasteiger partial charge in [0.1, 0.15) is 0 Å². The van der Waals surface area contributed by atoms with Gasteiger partial charge in [0.05, 0.1) is 18.9 Å². The maximum absolute atomic E-state index is 5.01. The first-order valence-electron chi connectivity index (χ1n) is 11.0. The van der Waals surface area contributed by atoms with E-state index in [1.807, 2.05) is 12.5 Å². The molecule has 156 valence electrons. The molecule has 1 N–H and O–H groups in total. The molecule has 3 heterocycles. The number of anilines is 1. The van der Waals surface area contributed by atoms with Gasteiger partial charge >= 0.3 is 0 Å². The van der Waals surface area contributed by atoms with Crippen LogP contribution >= 0.6 is 0 Å². The summed E-state index contributed by atoms with van der Waals surface area (Å²) in [5.41, 5.74) is 4.14. The Morgan fingerprint density at radius 3 is 3.00 bits per heavy atom. The molecule has 0 spiro atoms. The summed E-state index contributed by atoms with van der Waals surface area (Å²) >= 11 is 0. The van der Waals surface area contributed by atoms with Crippen LogP contribution < -0.4 is 10.2 Å². The van der Waals surface area contributed by atoms with E-state index in [4.69, 9.17) is 4.99 Å². The maximum Gasteiger partial charge on any atom is 0.194 e. The van der Waals surface area contributed by atoms with E-state index < -0.39 is 0 Å². The van der Waals surface area contributed by atoms with Crippen LogP contribution in [0.4, 0.5) is 5.69 Å². The van der Waals surface area contributed by atoms with Crippen LogP contribution in [0, 0.1) is 5.92 Å². The van der Waals surface area contributed by atoms with Gasteiger partial charge in [-0.05, 0) is 49.3 Å². The Hall–Kier alpha value is -2.50. The lowest BCUT2D eigenvalue weighted by molar-refractivity contribution is 0.189. The van der Waals surface area contributed by atoms with Crippen LogP contribution in [0.3, 0.4) is 0 Å². The second kappa shape index (κ2) is 8.89. The summed E-state index contributed by atoms with van der Waals surface area (Å²) < 4.78 is 2.25. The van der Waals surface area contributed by atoms with Crippen molar-refractivity contribution < 1.29 is 0 Å². The third-order valence-electron chi connectivity index (χ3n) is 6.37. The number of nitrogens with one attached hydrogen (secondary N) is 1. The second-order valence-electron chi connectivity index (χ2n) is 8.45. The quantitative estimate of drug-likeness (QED) is 0.638. The van der Waals surface area contributed by atoms with Crippen LogP contribution in [-0.4, -0.2) is 53.6 Å². The molecule has 2 atom stereocenters. The molecule has 2 aromatic rings. The van der Waals surface area contributed by atoms with Crippen molar-refractivity contribution in [2.75, 3.05) is 38.1 Å². The fourth-order valence-corrected chi connectivity index (χ4v) is 4.62. The fraction of sp³-hybridized carbons (Fsp3) is 0.565. The Morgan fingerprint density at radius 2 is 2.21 bits per heavy atom. The summed E-state index contributed by atoms with van der Waals surface area (Å²) in [7, 11) is 2.19. The average Bonchev–Trinajstić information content (AvgIpc) is 3.26. The molecule has 0 aliphatic carbocycles. The minimum atomic E-state index is 0.439. The van der Waals surface area contributed by atoms with Crippen molar-refractivity contribution >= 4 is 11.6 Å². The number of benzene rings is 1. The van der Waals surface area contributed by atoms with Gasteiger partial charge in [-0.25, -0.2) is 9.98 Å². The van der Waals surface area contributed by atoms with E-state index in [9.17, 15) is 0 Å². The molecule has 0 amide bonds. The van der Waals surface area contributed by atoms with Gasteiger partial charge in [0.15, 0.2) is 5.96 Å². The van der Waals surface area contributed by atoms with E-state index in [1.54, 1.807) is 0 Å². The molecule has 2 unspecified atom stereocenters. The number of guanidine groups is 1. The van der Waals surface area contributed by atoms with E-state index in [2.05, 4.69) is 70.0 Å². The lowest BCUT2D eigenvalue weighted by Crippen LogP contribution is -2.49. The summed E-state index contributed by atoms with van der Waals surface area (Å²) in [5, 5.41) is 3.52. The highest BCUT2D eigenvalue weighted by molar-refractivity contribution is 5.80. The number of piperidine rings is 1. The summed E-state index contributed by atoms with van der Waals surface area (Å²) in [5.74, 6) is 1.67. The van der Waals surface area contributed by atoms with Crippen molar-refractivity contribution in [1.82, 2.24) is 19.8 Å². The normalized spacial score (nSPS) is 22.5. The standard InChI is InChI=1S/C23H34N6/c1-4-25-23(28-12-9-18(2)22(16-28)29-13-10-24-17-29)26-15-19-7-8-21-20(14-19)6-5-11-27(21)3/h7-8,10,13-14,17-18,22H,4-6,9,11-12,15-16H2,1-3H3,(H,25,26). The molecule has 4 rings (SSSR count). The van der Waals surface area contributed by atoms with Crippen molar-refractivity contribution in [1.29, 1.82) is 0 Å². The number of fused-ring (bicyclic) bond motifs is 1. The average molecular weight is 395 g/mol. The zero-order chi connectivity index (χ0) is 20.2. The molecule has 2 aliphatic heterocycles. The smallest absolute Gasteiger partial charge is 0.194 e. The molecule has 6 nitrogen and oxygen atoms in total. The highest BCUT2D eigenvalue weighted by Gasteiger charge is 2.28. The van der Waals surface area contributed by atoms with Crippen LogP contribution in [0.5, 0.6) is 0 Å². The lowest BCUT2D eigenvalue weighted by Gasteiger charge is -2.39. The van der Waals surface area contributed by atoms with E-state index in [0.29, 0.717) is 12.0 Å². The summed E-state index contributed by atoms with van der Waals surface area (Å²) in [6, 6.07) is 7.30. The molecule has 6 heteroatoms. The van der Waals surface area contributed by atoms with Gasteiger partial charge in [0, 0.05) is 51.3 Å². The first-order chi connectivity index (χ1) is 14.2. The van der Waals surface area contributed by atoms with Crippen LogP contribution in [0.1, 0.15) is 43.9 Å². The highest BCUT2D eigenvalue weighted by atomic mass is 15.3. The van der Waals surface area contributed by atoms with Crippen LogP contribution in [-0.2, 0) is 13.0 Å². The zero-order valence-electron chi connectivity index (χ0n) is 18.0. The summed E-state index contributed by atoms with van der Waals surface area (Å²) in [6.07, 6.45) is 9.48. The molecular formula is C23H34N6. The van der Waals surface area contributed by atoms with Gasteiger partial charge in [0.25, 0.3) is 0 Å². The number of aliphatic imine (C=N–C) groups is 1. The SMILES string of the molecule is CCNC(=NCc1ccc2c(c1)CCCN2C)N1CCC(C)C(n2ccnc2)C1. The predicted molar refractivity (Wildman–Crippen MR) is 119 cm³/mol. The molecule has 1 aromatic heterocycles. The molecular weight excluding hydrogens is 360 g/mol. The third kappa shape index (κ3) is 4.41. The van der Waals surface area contributed by atoms with E-state index in [-0.39, 0.29) is 0 Å². The first kappa shape index (κ1) is 19.8. The summed E-state index contributed by atoms with van der Waals surface area (Å²) in [6.45, 7) is 9.27. The minimum Gasteiger partial charge on any atom is -0.374 e. The monoisotopic (exact) mass is 394 g/mol. The number of nitrogens with zero attached hydrogens (tertiary/aromatic N) is 5. The Labute approximate surface area is 174 Å². The number of aromatic nitrogens is 2. The van der Waals surface area contributed by atoms with Gasteiger partial charge in [-0.3, -0.25) is 0 Å². The molecule has 1 aromatic carbocycles. The Bertz CT molecular complexity index is 828. The molecule has 0 bridgehead atoms. The Kier molecular flexibility index (Phi) is 6.07. The Balaban J connectivity index is 1.49. The molecule has 0 radical (unpaired) electrons.